The summed E-state index contributed by atoms with van der Waals surface area (Å²) in [4.78, 5) is 29.7. The molecule has 1 aromatic carbocycles. The number of methoxy groups -OCH3 is 1. The summed E-state index contributed by atoms with van der Waals surface area (Å²) in [6.07, 6.45) is 7.01. The Morgan fingerprint density at radius 2 is 2.00 bits per heavy atom. The van der Waals surface area contributed by atoms with Crippen molar-refractivity contribution >= 4 is 11.7 Å². The van der Waals surface area contributed by atoms with Crippen molar-refractivity contribution in [2.75, 3.05) is 13.7 Å². The van der Waals surface area contributed by atoms with Crippen molar-refractivity contribution in [2.45, 2.75) is 45.1 Å². The zero-order valence-electron chi connectivity index (χ0n) is 18.1. The van der Waals surface area contributed by atoms with E-state index in [0.717, 1.165) is 25.7 Å². The van der Waals surface area contributed by atoms with Gasteiger partial charge in [0.25, 0.3) is 5.56 Å². The highest BCUT2D eigenvalue weighted by molar-refractivity contribution is 5.94. The number of nitriles is 1. The lowest BCUT2D eigenvalue weighted by Gasteiger charge is -2.29. The second-order valence-electron chi connectivity index (χ2n) is 7.88. The number of nitrogens with one attached hydrogen (secondary N) is 2. The molecular formula is C23H27N5O3. The van der Waals surface area contributed by atoms with Gasteiger partial charge in [-0.15, -0.1) is 0 Å². The van der Waals surface area contributed by atoms with Gasteiger partial charge in [0.15, 0.2) is 0 Å². The number of H-pyrrole nitrogens is 1. The predicted octanol–water partition coefficient (Wildman–Crippen LogP) is 2.96. The molecule has 8 heteroatoms. The summed E-state index contributed by atoms with van der Waals surface area (Å²) < 4.78 is 6.63. The second-order valence-corrected chi connectivity index (χ2v) is 7.88. The van der Waals surface area contributed by atoms with Crippen LogP contribution in [0.5, 0.6) is 0 Å². The van der Waals surface area contributed by atoms with Gasteiger partial charge in [0, 0.05) is 25.1 Å². The highest BCUT2D eigenvalue weighted by Crippen LogP contribution is 2.30. The second kappa shape index (κ2) is 9.58. The van der Waals surface area contributed by atoms with Gasteiger partial charge in [0.1, 0.15) is 5.84 Å². The minimum absolute atomic E-state index is 0.187. The van der Waals surface area contributed by atoms with Crippen molar-refractivity contribution in [3.8, 4) is 17.2 Å². The van der Waals surface area contributed by atoms with Crippen LogP contribution in [-0.2, 0) is 9.53 Å². The summed E-state index contributed by atoms with van der Waals surface area (Å²) in [5.41, 5.74) is 1.59. The van der Waals surface area contributed by atoms with E-state index < -0.39 is 0 Å². The number of hydrogen-bond donors (Lipinski definition) is 2. The molecule has 1 saturated carbocycles. The lowest BCUT2D eigenvalue weighted by Crippen LogP contribution is -2.49. The van der Waals surface area contributed by atoms with E-state index in [9.17, 15) is 9.59 Å². The Balaban J connectivity index is 1.75. The van der Waals surface area contributed by atoms with Crippen LogP contribution in [0.4, 0.5) is 0 Å². The molecule has 0 saturated heterocycles. The average Bonchev–Trinajstić information content (AvgIpc) is 3.38. The van der Waals surface area contributed by atoms with Crippen molar-refractivity contribution in [3.05, 3.63) is 58.2 Å². The third-order valence-electron chi connectivity index (χ3n) is 5.58. The molecule has 2 N–H and O–H groups in total. The number of ether oxygens (including phenoxy) is 1. The highest BCUT2D eigenvalue weighted by Gasteiger charge is 2.35. The van der Waals surface area contributed by atoms with Gasteiger partial charge in [0.2, 0.25) is 5.91 Å². The lowest BCUT2D eigenvalue weighted by atomic mass is 9.98. The molecule has 1 aromatic heterocycles. The number of benzene rings is 1. The van der Waals surface area contributed by atoms with Crippen LogP contribution in [0, 0.1) is 11.3 Å². The summed E-state index contributed by atoms with van der Waals surface area (Å²) in [6, 6.07) is 8.84. The normalized spacial score (nSPS) is 16.2. The van der Waals surface area contributed by atoms with Gasteiger partial charge in [-0.3, -0.25) is 14.7 Å². The molecule has 0 aliphatic heterocycles. The molecule has 0 radical (unpaired) electrons. The van der Waals surface area contributed by atoms with Crippen LogP contribution < -0.4 is 10.9 Å². The zero-order valence-corrected chi connectivity index (χ0v) is 18.1. The predicted molar refractivity (Wildman–Crippen MR) is 119 cm³/mol. The van der Waals surface area contributed by atoms with Gasteiger partial charge in [-0.1, -0.05) is 25.0 Å². The van der Waals surface area contributed by atoms with Gasteiger partial charge >= 0.3 is 0 Å². The standard InChI is InChI=1S/C23H27N5O3/c1-16(21(29)27-23(15-31-3)10-4-5-11-23)13-25-17(2)28-22(30)20(14-26-28)19-8-6-18(12-24)7-9-19/h6-9,13-14,26H,4-5,10-11,15H2,1-3H3,(H,27,29)/b16-13+,25-17?. The van der Waals surface area contributed by atoms with Gasteiger partial charge in [-0.25, -0.2) is 9.67 Å². The van der Waals surface area contributed by atoms with E-state index in [4.69, 9.17) is 10.00 Å². The van der Waals surface area contributed by atoms with Gasteiger partial charge in [-0.05, 0) is 44.4 Å². The van der Waals surface area contributed by atoms with E-state index in [-0.39, 0.29) is 17.0 Å². The first-order valence-corrected chi connectivity index (χ1v) is 10.2. The molecule has 1 amide bonds. The van der Waals surface area contributed by atoms with E-state index in [1.807, 2.05) is 0 Å². The summed E-state index contributed by atoms with van der Waals surface area (Å²) in [5.74, 6) is 0.220. The van der Waals surface area contributed by atoms with Crippen LogP contribution in [0.25, 0.3) is 11.1 Å². The number of carbonyl (C=O) groups is 1. The minimum Gasteiger partial charge on any atom is -0.382 e. The molecule has 8 nitrogen and oxygen atoms in total. The molecule has 3 rings (SSSR count). The van der Waals surface area contributed by atoms with Gasteiger partial charge in [-0.2, -0.15) is 5.26 Å². The smallest absolute Gasteiger partial charge is 0.280 e. The molecule has 31 heavy (non-hydrogen) atoms. The fourth-order valence-corrected chi connectivity index (χ4v) is 3.82. The van der Waals surface area contributed by atoms with Crippen molar-refractivity contribution in [1.29, 1.82) is 5.26 Å². The number of aromatic amines is 1. The topological polar surface area (TPSA) is 112 Å². The van der Waals surface area contributed by atoms with Crippen LogP contribution in [0.3, 0.4) is 0 Å². The van der Waals surface area contributed by atoms with Crippen LogP contribution in [0.1, 0.15) is 45.1 Å². The van der Waals surface area contributed by atoms with Crippen LogP contribution in [0.15, 0.2) is 52.0 Å². The van der Waals surface area contributed by atoms with E-state index in [1.54, 1.807) is 51.4 Å². The molecule has 1 aliphatic rings. The molecule has 0 bridgehead atoms. The first kappa shape index (κ1) is 22.2. The number of carbonyl (C=O) groups excluding carboxylic acids is 1. The Bertz CT molecular complexity index is 1090. The summed E-state index contributed by atoms with van der Waals surface area (Å²) >= 11 is 0. The molecule has 0 atom stereocenters. The Kier molecular flexibility index (Phi) is 6.88. The quantitative estimate of drug-likeness (QED) is 0.424. The Hall–Kier alpha value is -3.44. The number of aromatic nitrogens is 2. The van der Waals surface area contributed by atoms with E-state index in [1.165, 1.54) is 10.9 Å². The number of rotatable bonds is 6. The Labute approximate surface area is 181 Å². The van der Waals surface area contributed by atoms with Crippen LogP contribution >= 0.6 is 0 Å². The fraction of sp³-hybridized carbons (Fsp3) is 0.391. The number of hydrogen-bond acceptors (Lipinski definition) is 5. The summed E-state index contributed by atoms with van der Waals surface area (Å²) in [7, 11) is 1.64. The van der Waals surface area contributed by atoms with Crippen molar-refractivity contribution in [3.63, 3.8) is 0 Å². The van der Waals surface area contributed by atoms with E-state index in [0.29, 0.717) is 34.7 Å². The lowest BCUT2D eigenvalue weighted by molar-refractivity contribution is -0.120. The maximum absolute atomic E-state index is 12.8. The Morgan fingerprint density at radius 1 is 1.32 bits per heavy atom. The molecule has 1 fully saturated rings. The fourth-order valence-electron chi connectivity index (χ4n) is 3.82. The molecule has 162 valence electrons. The third kappa shape index (κ3) is 5.01. The molecule has 0 unspecified atom stereocenters. The largest absolute Gasteiger partial charge is 0.382 e. The molecule has 1 aliphatic carbocycles. The maximum Gasteiger partial charge on any atom is 0.280 e. The van der Waals surface area contributed by atoms with E-state index >= 15 is 0 Å². The molecule has 1 heterocycles. The molecule has 0 spiro atoms. The van der Waals surface area contributed by atoms with Crippen molar-refractivity contribution in [1.82, 2.24) is 15.1 Å². The van der Waals surface area contributed by atoms with Crippen molar-refractivity contribution < 1.29 is 9.53 Å². The molecule has 2 aromatic rings. The number of amides is 1. The third-order valence-corrected chi connectivity index (χ3v) is 5.58. The highest BCUT2D eigenvalue weighted by atomic mass is 16.5. The first-order chi connectivity index (χ1) is 14.9. The minimum atomic E-state index is -0.313. The van der Waals surface area contributed by atoms with Gasteiger partial charge in [0.05, 0.1) is 29.3 Å². The Morgan fingerprint density at radius 3 is 2.61 bits per heavy atom. The van der Waals surface area contributed by atoms with Crippen LogP contribution in [-0.4, -0.2) is 40.8 Å². The van der Waals surface area contributed by atoms with E-state index in [2.05, 4.69) is 21.5 Å². The number of nitrogens with zero attached hydrogens (tertiary/aromatic N) is 3. The van der Waals surface area contributed by atoms with Crippen molar-refractivity contribution in [2.24, 2.45) is 4.99 Å². The van der Waals surface area contributed by atoms with Crippen LogP contribution in [0.2, 0.25) is 0 Å². The monoisotopic (exact) mass is 421 g/mol. The first-order valence-electron chi connectivity index (χ1n) is 10.2. The van der Waals surface area contributed by atoms with Gasteiger partial charge < -0.3 is 10.1 Å². The SMILES string of the molecule is COCC1(NC(=O)/C(C)=C/N=C(C)n2[nH]cc(-c3ccc(C#N)cc3)c2=O)CCCC1. The molecular weight excluding hydrogens is 394 g/mol. The zero-order chi connectivity index (χ0) is 22.4. The number of aliphatic imine (C=N–C) groups is 1. The maximum atomic E-state index is 12.8. The summed E-state index contributed by atoms with van der Waals surface area (Å²) in [6.45, 7) is 3.87. The summed E-state index contributed by atoms with van der Waals surface area (Å²) in [5, 5.41) is 14.9. The average molecular weight is 422 g/mol.